The first-order valence-corrected chi connectivity index (χ1v) is 6.26. The molecule has 0 spiro atoms. The fourth-order valence-electron chi connectivity index (χ4n) is 1.82. The summed E-state index contributed by atoms with van der Waals surface area (Å²) in [5.74, 6) is 0. The van der Waals surface area contributed by atoms with Crippen molar-refractivity contribution in [1.29, 1.82) is 0 Å². The second-order valence-corrected chi connectivity index (χ2v) is 4.38. The standard InChI is InChI=1S/C16H17FO2/c17-16(14-9-5-2-6-10-14)15(18)12-19-11-13-7-3-1-4-8-13/h1-10,15-16,18H,11-12H2/t15-,16-/m1/s1. The van der Waals surface area contributed by atoms with E-state index >= 15 is 0 Å². The number of ether oxygens (including phenoxy) is 1. The first-order valence-electron chi connectivity index (χ1n) is 6.26. The molecule has 0 saturated carbocycles. The minimum atomic E-state index is -1.42. The van der Waals surface area contributed by atoms with Crippen molar-refractivity contribution in [2.45, 2.75) is 18.9 Å². The van der Waals surface area contributed by atoms with E-state index in [-0.39, 0.29) is 6.61 Å². The van der Waals surface area contributed by atoms with Crippen molar-refractivity contribution >= 4 is 0 Å². The van der Waals surface area contributed by atoms with Crippen LogP contribution in [-0.2, 0) is 11.3 Å². The maximum absolute atomic E-state index is 13.9. The highest BCUT2D eigenvalue weighted by atomic mass is 19.1. The summed E-state index contributed by atoms with van der Waals surface area (Å²) in [5, 5.41) is 9.75. The van der Waals surface area contributed by atoms with Crippen molar-refractivity contribution in [2.24, 2.45) is 0 Å². The lowest BCUT2D eigenvalue weighted by molar-refractivity contribution is -0.0136. The Kier molecular flexibility index (Phi) is 5.07. The number of alkyl halides is 1. The van der Waals surface area contributed by atoms with Crippen LogP contribution in [0.2, 0.25) is 0 Å². The van der Waals surface area contributed by atoms with Gasteiger partial charge in [-0.2, -0.15) is 0 Å². The normalized spacial score (nSPS) is 14.0. The molecule has 0 fully saturated rings. The number of aliphatic hydroxyl groups excluding tert-OH is 1. The van der Waals surface area contributed by atoms with E-state index in [0.29, 0.717) is 12.2 Å². The first-order chi connectivity index (χ1) is 9.27. The summed E-state index contributed by atoms with van der Waals surface area (Å²) in [5.41, 5.74) is 1.48. The molecular weight excluding hydrogens is 243 g/mol. The Morgan fingerprint density at radius 2 is 1.53 bits per heavy atom. The molecule has 2 atom stereocenters. The average Bonchev–Trinajstić information content (AvgIpc) is 2.48. The zero-order chi connectivity index (χ0) is 13.5. The third-order valence-electron chi connectivity index (χ3n) is 2.86. The van der Waals surface area contributed by atoms with E-state index in [2.05, 4.69) is 0 Å². The van der Waals surface area contributed by atoms with Gasteiger partial charge in [0.1, 0.15) is 6.10 Å². The predicted octanol–water partition coefficient (Wildman–Crippen LogP) is 3.27. The molecule has 100 valence electrons. The lowest BCUT2D eigenvalue weighted by Crippen LogP contribution is -2.21. The van der Waals surface area contributed by atoms with Crippen LogP contribution in [0.4, 0.5) is 4.39 Å². The van der Waals surface area contributed by atoms with Gasteiger partial charge < -0.3 is 9.84 Å². The Morgan fingerprint density at radius 1 is 0.947 bits per heavy atom. The summed E-state index contributed by atoms with van der Waals surface area (Å²) in [6.45, 7) is 0.352. The van der Waals surface area contributed by atoms with Crippen molar-refractivity contribution in [3.8, 4) is 0 Å². The molecule has 0 aliphatic heterocycles. The zero-order valence-corrected chi connectivity index (χ0v) is 10.6. The van der Waals surface area contributed by atoms with Gasteiger partial charge in [-0.05, 0) is 11.1 Å². The van der Waals surface area contributed by atoms with E-state index in [9.17, 15) is 9.50 Å². The smallest absolute Gasteiger partial charge is 0.153 e. The number of benzene rings is 2. The minimum absolute atomic E-state index is 0.0229. The molecule has 3 heteroatoms. The van der Waals surface area contributed by atoms with Crippen LogP contribution in [0, 0.1) is 0 Å². The van der Waals surface area contributed by atoms with Gasteiger partial charge in [0, 0.05) is 0 Å². The van der Waals surface area contributed by atoms with Crippen molar-refractivity contribution in [3.63, 3.8) is 0 Å². The van der Waals surface area contributed by atoms with Crippen LogP contribution in [-0.4, -0.2) is 17.8 Å². The molecule has 19 heavy (non-hydrogen) atoms. The number of halogens is 1. The Bertz CT molecular complexity index is 473. The van der Waals surface area contributed by atoms with Gasteiger partial charge in [0.05, 0.1) is 13.2 Å². The van der Waals surface area contributed by atoms with Gasteiger partial charge >= 0.3 is 0 Å². The molecule has 2 aromatic rings. The first kappa shape index (κ1) is 13.7. The molecule has 0 unspecified atom stereocenters. The predicted molar refractivity (Wildman–Crippen MR) is 72.4 cm³/mol. The summed E-state index contributed by atoms with van der Waals surface area (Å²) in [7, 11) is 0. The highest BCUT2D eigenvalue weighted by molar-refractivity contribution is 5.18. The van der Waals surface area contributed by atoms with Gasteiger partial charge in [-0.25, -0.2) is 4.39 Å². The topological polar surface area (TPSA) is 29.5 Å². The number of hydrogen-bond donors (Lipinski definition) is 1. The number of hydrogen-bond acceptors (Lipinski definition) is 2. The lowest BCUT2D eigenvalue weighted by atomic mass is 10.1. The Labute approximate surface area is 112 Å². The van der Waals surface area contributed by atoms with Crippen LogP contribution in [0.15, 0.2) is 60.7 Å². The Balaban J connectivity index is 1.80. The zero-order valence-electron chi connectivity index (χ0n) is 10.6. The summed E-state index contributed by atoms with van der Waals surface area (Å²) in [6.07, 6.45) is -2.57. The molecule has 0 radical (unpaired) electrons. The van der Waals surface area contributed by atoms with Crippen LogP contribution >= 0.6 is 0 Å². The molecule has 0 aliphatic rings. The van der Waals surface area contributed by atoms with Crippen LogP contribution in [0.5, 0.6) is 0 Å². The molecule has 0 amide bonds. The molecule has 0 heterocycles. The van der Waals surface area contributed by atoms with E-state index in [1.807, 2.05) is 36.4 Å². The summed E-state index contributed by atoms with van der Waals surface area (Å²) >= 11 is 0. The summed E-state index contributed by atoms with van der Waals surface area (Å²) in [6, 6.07) is 18.2. The van der Waals surface area contributed by atoms with Crippen molar-refractivity contribution < 1.29 is 14.2 Å². The van der Waals surface area contributed by atoms with Crippen LogP contribution in [0.1, 0.15) is 17.3 Å². The highest BCUT2D eigenvalue weighted by Crippen LogP contribution is 2.21. The molecule has 0 saturated heterocycles. The fourth-order valence-corrected chi connectivity index (χ4v) is 1.82. The number of rotatable bonds is 6. The Morgan fingerprint density at radius 3 is 2.16 bits per heavy atom. The molecule has 2 nitrogen and oxygen atoms in total. The van der Waals surface area contributed by atoms with Gasteiger partial charge in [-0.3, -0.25) is 0 Å². The molecule has 0 aliphatic carbocycles. The molecule has 0 aromatic heterocycles. The molecular formula is C16H17FO2. The summed E-state index contributed by atoms with van der Waals surface area (Å²) < 4.78 is 19.3. The van der Waals surface area contributed by atoms with E-state index in [0.717, 1.165) is 5.56 Å². The maximum atomic E-state index is 13.9. The fraction of sp³-hybridized carbons (Fsp3) is 0.250. The van der Waals surface area contributed by atoms with Crippen LogP contribution in [0.3, 0.4) is 0 Å². The maximum Gasteiger partial charge on any atom is 0.153 e. The number of aliphatic hydroxyl groups is 1. The molecule has 1 N–H and O–H groups in total. The van der Waals surface area contributed by atoms with E-state index < -0.39 is 12.3 Å². The van der Waals surface area contributed by atoms with Gasteiger partial charge in [0.25, 0.3) is 0 Å². The third-order valence-corrected chi connectivity index (χ3v) is 2.86. The third kappa shape index (κ3) is 4.16. The van der Waals surface area contributed by atoms with Crippen molar-refractivity contribution in [3.05, 3.63) is 71.8 Å². The largest absolute Gasteiger partial charge is 0.387 e. The van der Waals surface area contributed by atoms with Gasteiger partial charge in [-0.15, -0.1) is 0 Å². The second kappa shape index (κ2) is 7.02. The van der Waals surface area contributed by atoms with E-state index in [1.165, 1.54) is 0 Å². The molecule has 0 bridgehead atoms. The monoisotopic (exact) mass is 260 g/mol. The lowest BCUT2D eigenvalue weighted by Gasteiger charge is -2.16. The SMILES string of the molecule is O[C@H](COCc1ccccc1)[C@H](F)c1ccccc1. The Hall–Kier alpha value is -1.71. The second-order valence-electron chi connectivity index (χ2n) is 4.38. The molecule has 2 rings (SSSR count). The summed E-state index contributed by atoms with van der Waals surface area (Å²) in [4.78, 5) is 0. The van der Waals surface area contributed by atoms with Gasteiger partial charge in [0.2, 0.25) is 0 Å². The highest BCUT2D eigenvalue weighted by Gasteiger charge is 2.20. The van der Waals surface area contributed by atoms with E-state index in [4.69, 9.17) is 4.74 Å². The van der Waals surface area contributed by atoms with Crippen molar-refractivity contribution in [1.82, 2.24) is 0 Å². The van der Waals surface area contributed by atoms with Gasteiger partial charge in [0.15, 0.2) is 6.17 Å². The quantitative estimate of drug-likeness (QED) is 0.863. The minimum Gasteiger partial charge on any atom is -0.387 e. The molecule has 2 aromatic carbocycles. The van der Waals surface area contributed by atoms with Gasteiger partial charge in [-0.1, -0.05) is 60.7 Å². The van der Waals surface area contributed by atoms with Crippen molar-refractivity contribution in [2.75, 3.05) is 6.61 Å². The average molecular weight is 260 g/mol. The van der Waals surface area contributed by atoms with Crippen LogP contribution < -0.4 is 0 Å². The van der Waals surface area contributed by atoms with Crippen LogP contribution in [0.25, 0.3) is 0 Å². The van der Waals surface area contributed by atoms with E-state index in [1.54, 1.807) is 24.3 Å².